The van der Waals surface area contributed by atoms with Gasteiger partial charge in [-0.2, -0.15) is 18.3 Å². The molecule has 0 saturated carbocycles. The number of primary amides is 1. The highest BCUT2D eigenvalue weighted by molar-refractivity contribution is 5.94. The van der Waals surface area contributed by atoms with Crippen LogP contribution in [0.1, 0.15) is 33.6 Å². The number of rotatable bonds is 3. The van der Waals surface area contributed by atoms with Gasteiger partial charge in [0.15, 0.2) is 5.69 Å². The lowest BCUT2D eigenvalue weighted by molar-refractivity contribution is -0.137. The molecule has 0 unspecified atom stereocenters. The highest BCUT2D eigenvalue weighted by atomic mass is 19.4. The molecular weight excluding hydrogens is 385 g/mol. The van der Waals surface area contributed by atoms with Crippen LogP contribution in [0.4, 0.5) is 24.8 Å². The van der Waals surface area contributed by atoms with E-state index in [1.807, 2.05) is 0 Å². The Hall–Kier alpha value is -3.43. The Morgan fingerprint density at radius 1 is 1.28 bits per heavy atom. The molecule has 1 amide bonds. The summed E-state index contributed by atoms with van der Waals surface area (Å²) in [6.07, 6.45) is -0.707. The number of benzene rings is 1. The number of alkyl halides is 3. The second-order valence-electron chi connectivity index (χ2n) is 6.79. The molecule has 1 aromatic carbocycles. The Labute approximate surface area is 163 Å². The van der Waals surface area contributed by atoms with E-state index in [1.54, 1.807) is 17.9 Å². The summed E-state index contributed by atoms with van der Waals surface area (Å²) in [6.45, 7) is 0. The molecule has 1 aliphatic rings. The van der Waals surface area contributed by atoms with Crippen molar-refractivity contribution in [3.05, 3.63) is 52.8 Å². The van der Waals surface area contributed by atoms with E-state index in [4.69, 9.17) is 5.73 Å². The molecule has 0 fully saturated rings. The summed E-state index contributed by atoms with van der Waals surface area (Å²) >= 11 is 0. The van der Waals surface area contributed by atoms with Gasteiger partial charge in [0.05, 0.1) is 17.0 Å². The number of hydrogen-bond acceptors (Lipinski definition) is 5. The zero-order chi connectivity index (χ0) is 20.8. The largest absolute Gasteiger partial charge is 0.416 e. The fourth-order valence-electron chi connectivity index (χ4n) is 3.51. The standard InChI is InChI=1S/C19H17F3N6O/c1-28-16-13(15(27-28)17(23)29)7-2-4-10-9-24-18(26-14(10)16)25-12-6-3-5-11(8-12)19(20,21)22/h3,5-6,8-9H,2,4,7H2,1H3,(H2,23,29)(H,24,25,26). The summed E-state index contributed by atoms with van der Waals surface area (Å²) in [5.74, 6) is -0.459. The molecule has 29 heavy (non-hydrogen) atoms. The number of fused-ring (bicyclic) bond motifs is 3. The molecule has 1 aliphatic carbocycles. The number of anilines is 2. The number of amides is 1. The van der Waals surface area contributed by atoms with Crippen molar-refractivity contribution in [1.29, 1.82) is 0 Å². The number of aromatic nitrogens is 4. The number of hydrogen-bond donors (Lipinski definition) is 2. The summed E-state index contributed by atoms with van der Waals surface area (Å²) in [6, 6.07) is 4.81. The van der Waals surface area contributed by atoms with E-state index in [9.17, 15) is 18.0 Å². The van der Waals surface area contributed by atoms with Gasteiger partial charge in [-0.1, -0.05) is 6.07 Å². The van der Waals surface area contributed by atoms with E-state index in [0.717, 1.165) is 29.7 Å². The smallest absolute Gasteiger partial charge is 0.364 e. The van der Waals surface area contributed by atoms with E-state index in [1.165, 1.54) is 12.1 Å². The number of nitrogens with one attached hydrogen (secondary N) is 1. The molecule has 3 aromatic rings. The summed E-state index contributed by atoms with van der Waals surface area (Å²) in [7, 11) is 1.70. The molecule has 2 heterocycles. The predicted molar refractivity (Wildman–Crippen MR) is 99.5 cm³/mol. The van der Waals surface area contributed by atoms with Crippen LogP contribution < -0.4 is 11.1 Å². The third-order valence-electron chi connectivity index (χ3n) is 4.79. The Morgan fingerprint density at radius 2 is 2.07 bits per heavy atom. The number of nitrogens with two attached hydrogens (primary N) is 1. The number of halogens is 3. The van der Waals surface area contributed by atoms with Gasteiger partial charge < -0.3 is 11.1 Å². The maximum absolute atomic E-state index is 12.9. The second-order valence-corrected chi connectivity index (χ2v) is 6.79. The summed E-state index contributed by atoms with van der Waals surface area (Å²) in [5, 5.41) is 7.04. The lowest BCUT2D eigenvalue weighted by Gasteiger charge is -2.12. The first-order valence-corrected chi connectivity index (χ1v) is 8.90. The Morgan fingerprint density at radius 3 is 2.79 bits per heavy atom. The van der Waals surface area contributed by atoms with Gasteiger partial charge in [-0.15, -0.1) is 0 Å². The number of carbonyl (C=O) groups is 1. The highest BCUT2D eigenvalue weighted by Crippen LogP contribution is 2.34. The molecule has 7 nitrogen and oxygen atoms in total. The average Bonchev–Trinajstić information content (AvgIpc) is 2.87. The molecule has 0 radical (unpaired) electrons. The normalized spacial score (nSPS) is 13.4. The molecule has 150 valence electrons. The molecule has 4 rings (SSSR count). The van der Waals surface area contributed by atoms with Gasteiger partial charge in [0.2, 0.25) is 5.95 Å². The molecule has 10 heteroatoms. The Kier molecular flexibility index (Phi) is 4.48. The second kappa shape index (κ2) is 6.87. The van der Waals surface area contributed by atoms with Crippen molar-refractivity contribution in [3.8, 4) is 11.4 Å². The van der Waals surface area contributed by atoms with Crippen LogP contribution in [0.3, 0.4) is 0 Å². The third-order valence-corrected chi connectivity index (χ3v) is 4.79. The van der Waals surface area contributed by atoms with Crippen molar-refractivity contribution in [2.45, 2.75) is 25.4 Å². The van der Waals surface area contributed by atoms with Crippen LogP contribution in [0.2, 0.25) is 0 Å². The molecule has 3 N–H and O–H groups in total. The van der Waals surface area contributed by atoms with Crippen molar-refractivity contribution in [3.63, 3.8) is 0 Å². The molecule has 0 atom stereocenters. The van der Waals surface area contributed by atoms with Crippen LogP contribution in [0.5, 0.6) is 0 Å². The maximum Gasteiger partial charge on any atom is 0.416 e. The van der Waals surface area contributed by atoms with Crippen molar-refractivity contribution >= 4 is 17.5 Å². The van der Waals surface area contributed by atoms with Crippen LogP contribution in [-0.4, -0.2) is 25.7 Å². The lowest BCUT2D eigenvalue weighted by Crippen LogP contribution is -2.14. The van der Waals surface area contributed by atoms with E-state index < -0.39 is 17.6 Å². The molecule has 0 bridgehead atoms. The molecule has 0 spiro atoms. The SMILES string of the molecule is Cn1nc(C(N)=O)c2c1-c1nc(Nc3cccc(C(F)(F)F)c3)ncc1CCC2. The number of aryl methyl sites for hydroxylation is 2. The van der Waals surface area contributed by atoms with Crippen LogP contribution >= 0.6 is 0 Å². The quantitative estimate of drug-likeness (QED) is 0.701. The average molecular weight is 402 g/mol. The molecular formula is C19H17F3N6O. The van der Waals surface area contributed by atoms with Crippen LogP contribution in [0.25, 0.3) is 11.4 Å². The van der Waals surface area contributed by atoms with Crippen LogP contribution in [0, 0.1) is 0 Å². The van der Waals surface area contributed by atoms with Gasteiger partial charge in [0.25, 0.3) is 5.91 Å². The minimum Gasteiger partial charge on any atom is -0.364 e. The van der Waals surface area contributed by atoms with Crippen LogP contribution in [-0.2, 0) is 26.1 Å². The zero-order valence-corrected chi connectivity index (χ0v) is 15.4. The summed E-state index contributed by atoms with van der Waals surface area (Å²) in [5.41, 5.74) is 7.97. The summed E-state index contributed by atoms with van der Waals surface area (Å²) in [4.78, 5) is 20.5. The molecule has 0 aliphatic heterocycles. The maximum atomic E-state index is 12.9. The first-order chi connectivity index (χ1) is 13.7. The van der Waals surface area contributed by atoms with E-state index >= 15 is 0 Å². The highest BCUT2D eigenvalue weighted by Gasteiger charge is 2.30. The van der Waals surface area contributed by atoms with E-state index in [2.05, 4.69) is 20.4 Å². The minimum atomic E-state index is -4.44. The topological polar surface area (TPSA) is 98.7 Å². The predicted octanol–water partition coefficient (Wildman–Crippen LogP) is 3.23. The summed E-state index contributed by atoms with van der Waals surface area (Å²) < 4.78 is 40.4. The van der Waals surface area contributed by atoms with E-state index in [0.29, 0.717) is 24.2 Å². The van der Waals surface area contributed by atoms with Gasteiger partial charge in [-0.3, -0.25) is 9.48 Å². The van der Waals surface area contributed by atoms with E-state index in [-0.39, 0.29) is 17.3 Å². The number of carbonyl (C=O) groups excluding carboxylic acids is 1. The number of nitrogens with zero attached hydrogens (tertiary/aromatic N) is 4. The minimum absolute atomic E-state index is 0.151. The van der Waals surface area contributed by atoms with Gasteiger partial charge in [0, 0.05) is 24.5 Å². The van der Waals surface area contributed by atoms with Crippen molar-refractivity contribution in [2.75, 3.05) is 5.32 Å². The zero-order valence-electron chi connectivity index (χ0n) is 15.4. The molecule has 2 aromatic heterocycles. The molecule has 0 saturated heterocycles. The fraction of sp³-hybridized carbons (Fsp3) is 0.263. The monoisotopic (exact) mass is 402 g/mol. The van der Waals surface area contributed by atoms with Gasteiger partial charge in [-0.05, 0) is 43.0 Å². The van der Waals surface area contributed by atoms with Crippen molar-refractivity contribution < 1.29 is 18.0 Å². The van der Waals surface area contributed by atoms with Gasteiger partial charge in [-0.25, -0.2) is 9.97 Å². The van der Waals surface area contributed by atoms with Gasteiger partial charge in [0.1, 0.15) is 0 Å². The van der Waals surface area contributed by atoms with Gasteiger partial charge >= 0.3 is 6.18 Å². The first kappa shape index (κ1) is 18.9. The Balaban J connectivity index is 1.75. The van der Waals surface area contributed by atoms with Crippen LogP contribution in [0.15, 0.2) is 30.5 Å². The Bertz CT molecular complexity index is 1110. The lowest BCUT2D eigenvalue weighted by atomic mass is 10.1. The third kappa shape index (κ3) is 3.53. The fourth-order valence-corrected chi connectivity index (χ4v) is 3.51. The van der Waals surface area contributed by atoms with Crippen molar-refractivity contribution in [2.24, 2.45) is 12.8 Å². The van der Waals surface area contributed by atoms with Crippen molar-refractivity contribution in [1.82, 2.24) is 19.7 Å². The first-order valence-electron chi connectivity index (χ1n) is 8.90.